The largest absolute Gasteiger partial charge is 0.351 e. The van der Waals surface area contributed by atoms with E-state index in [-0.39, 0.29) is 5.91 Å². The molecule has 3 aromatic rings. The summed E-state index contributed by atoms with van der Waals surface area (Å²) in [6.07, 6.45) is 3.68. The normalized spacial score (nSPS) is 11.4. The molecule has 1 amide bonds. The van der Waals surface area contributed by atoms with Gasteiger partial charge >= 0.3 is 0 Å². The molecule has 1 aromatic carbocycles. The van der Waals surface area contributed by atoms with E-state index in [1.54, 1.807) is 23.1 Å². The van der Waals surface area contributed by atoms with Crippen molar-refractivity contribution in [2.75, 3.05) is 12.8 Å². The van der Waals surface area contributed by atoms with Gasteiger partial charge in [-0.3, -0.25) is 4.79 Å². The van der Waals surface area contributed by atoms with Crippen molar-refractivity contribution >= 4 is 39.1 Å². The molecule has 7 heteroatoms. The van der Waals surface area contributed by atoms with Crippen molar-refractivity contribution in [2.24, 2.45) is 5.92 Å². The highest BCUT2D eigenvalue weighted by molar-refractivity contribution is 7.98. The van der Waals surface area contributed by atoms with E-state index in [4.69, 9.17) is 0 Å². The summed E-state index contributed by atoms with van der Waals surface area (Å²) in [6, 6.07) is 8.16. The van der Waals surface area contributed by atoms with Crippen molar-refractivity contribution in [3.8, 4) is 0 Å². The number of amides is 1. The molecule has 5 nitrogen and oxygen atoms in total. The Kier molecular flexibility index (Phi) is 6.55. The third-order valence-electron chi connectivity index (χ3n) is 4.44. The molecule has 0 aliphatic carbocycles. The maximum absolute atomic E-state index is 12.6. The van der Waals surface area contributed by atoms with E-state index < -0.39 is 0 Å². The van der Waals surface area contributed by atoms with Gasteiger partial charge in [0.15, 0.2) is 5.16 Å². The minimum atomic E-state index is 0.0159. The lowest BCUT2D eigenvalue weighted by atomic mass is 10.1. The number of carbonyl (C=O) groups is 1. The summed E-state index contributed by atoms with van der Waals surface area (Å²) in [4.78, 5) is 13.4. The third kappa shape index (κ3) is 4.52. The van der Waals surface area contributed by atoms with Gasteiger partial charge in [0.05, 0.1) is 4.88 Å². The number of rotatable bonds is 8. The number of hydrogen-bond acceptors (Lipinski definition) is 5. The number of thioether (sulfide) groups is 1. The molecular weight excluding hydrogens is 376 g/mol. The molecule has 2 heterocycles. The van der Waals surface area contributed by atoms with E-state index in [9.17, 15) is 4.79 Å². The van der Waals surface area contributed by atoms with Gasteiger partial charge in [-0.05, 0) is 42.5 Å². The van der Waals surface area contributed by atoms with E-state index >= 15 is 0 Å². The first-order valence-corrected chi connectivity index (χ1v) is 11.3. The summed E-state index contributed by atoms with van der Waals surface area (Å²) in [7, 11) is 0. The van der Waals surface area contributed by atoms with E-state index in [2.05, 4.69) is 46.1 Å². The lowest BCUT2D eigenvalue weighted by Gasteiger charge is -2.11. The van der Waals surface area contributed by atoms with Crippen LogP contribution < -0.4 is 5.32 Å². The molecule has 0 radical (unpaired) electrons. The van der Waals surface area contributed by atoms with Crippen molar-refractivity contribution in [3.05, 3.63) is 40.5 Å². The molecule has 1 N–H and O–H groups in total. The molecule has 2 aromatic heterocycles. The summed E-state index contributed by atoms with van der Waals surface area (Å²) < 4.78 is 3.36. The minimum absolute atomic E-state index is 0.0159. The molecule has 0 spiro atoms. The van der Waals surface area contributed by atoms with Gasteiger partial charge in [-0.15, -0.1) is 21.5 Å². The van der Waals surface area contributed by atoms with Crippen LogP contribution in [0, 0.1) is 12.8 Å². The molecule has 0 atom stereocenters. The van der Waals surface area contributed by atoms with Crippen LogP contribution in [0.2, 0.25) is 0 Å². The number of aryl methyl sites for hydroxylation is 2. The average molecular weight is 403 g/mol. The standard InChI is InChI=1S/C20H26N4OS2/c1-13(2)12-24-17(22-23-20(24)26-4)10-7-11-21-19(25)18-14(3)15-8-5-6-9-16(15)27-18/h5-6,8-9,13H,7,10-12H2,1-4H3,(H,21,25). The van der Waals surface area contributed by atoms with Crippen molar-refractivity contribution in [1.82, 2.24) is 20.1 Å². The molecule has 0 aliphatic rings. The van der Waals surface area contributed by atoms with Gasteiger partial charge in [0.1, 0.15) is 5.82 Å². The highest BCUT2D eigenvalue weighted by Gasteiger charge is 2.15. The molecule has 0 saturated heterocycles. The summed E-state index contributed by atoms with van der Waals surface area (Å²) in [5.41, 5.74) is 1.06. The number of nitrogens with zero attached hydrogens (tertiary/aromatic N) is 3. The van der Waals surface area contributed by atoms with Crippen LogP contribution in [0.15, 0.2) is 29.4 Å². The van der Waals surface area contributed by atoms with E-state index in [0.29, 0.717) is 12.5 Å². The lowest BCUT2D eigenvalue weighted by molar-refractivity contribution is 0.0956. The molecule has 27 heavy (non-hydrogen) atoms. The maximum atomic E-state index is 12.6. The highest BCUT2D eigenvalue weighted by atomic mass is 32.2. The van der Waals surface area contributed by atoms with Crippen molar-refractivity contribution in [2.45, 2.75) is 45.3 Å². The Morgan fingerprint density at radius 2 is 2.07 bits per heavy atom. The molecular formula is C20H26N4OS2. The average Bonchev–Trinajstić information content (AvgIpc) is 3.19. The first-order valence-electron chi connectivity index (χ1n) is 9.23. The van der Waals surface area contributed by atoms with E-state index in [1.807, 2.05) is 25.3 Å². The number of aromatic nitrogens is 3. The zero-order valence-corrected chi connectivity index (χ0v) is 17.9. The molecule has 0 bridgehead atoms. The zero-order valence-electron chi connectivity index (χ0n) is 16.3. The van der Waals surface area contributed by atoms with Crippen LogP contribution in [-0.2, 0) is 13.0 Å². The van der Waals surface area contributed by atoms with Crippen molar-refractivity contribution in [3.63, 3.8) is 0 Å². The van der Waals surface area contributed by atoms with Gasteiger partial charge in [0.2, 0.25) is 0 Å². The molecule has 144 valence electrons. The van der Waals surface area contributed by atoms with Crippen molar-refractivity contribution in [1.29, 1.82) is 0 Å². The fourth-order valence-electron chi connectivity index (χ4n) is 3.12. The Labute approximate surface area is 168 Å². The monoisotopic (exact) mass is 402 g/mol. The van der Waals surface area contributed by atoms with Gasteiger partial charge in [-0.2, -0.15) is 0 Å². The Morgan fingerprint density at radius 3 is 2.78 bits per heavy atom. The zero-order chi connectivity index (χ0) is 19.4. The molecule has 0 fully saturated rings. The Balaban J connectivity index is 1.58. The van der Waals surface area contributed by atoms with Crippen LogP contribution in [0.3, 0.4) is 0 Å². The van der Waals surface area contributed by atoms with E-state index in [1.165, 1.54) is 5.39 Å². The first kappa shape index (κ1) is 19.9. The van der Waals surface area contributed by atoms with Gasteiger partial charge in [-0.25, -0.2) is 0 Å². The predicted molar refractivity (Wildman–Crippen MR) is 114 cm³/mol. The highest BCUT2D eigenvalue weighted by Crippen LogP contribution is 2.30. The number of fused-ring (bicyclic) bond motifs is 1. The second-order valence-corrected chi connectivity index (χ2v) is 8.84. The molecule has 0 saturated carbocycles. The van der Waals surface area contributed by atoms with Crippen molar-refractivity contribution < 1.29 is 4.79 Å². The number of carbonyl (C=O) groups excluding carboxylic acids is 1. The Hall–Kier alpha value is -1.86. The predicted octanol–water partition coefficient (Wildman–Crippen LogP) is 4.54. The lowest BCUT2D eigenvalue weighted by Crippen LogP contribution is -2.24. The second kappa shape index (κ2) is 8.89. The van der Waals surface area contributed by atoms with Crippen LogP contribution >= 0.6 is 23.1 Å². The van der Waals surface area contributed by atoms with Crippen LogP contribution in [0.5, 0.6) is 0 Å². The number of thiophene rings is 1. The number of nitrogens with one attached hydrogen (secondary N) is 1. The molecule has 0 aliphatic heterocycles. The smallest absolute Gasteiger partial charge is 0.261 e. The number of benzene rings is 1. The van der Waals surface area contributed by atoms with E-state index in [0.717, 1.165) is 45.5 Å². The Bertz CT molecular complexity index is 929. The van der Waals surface area contributed by atoms with Gasteiger partial charge in [0.25, 0.3) is 5.91 Å². The molecule has 0 unspecified atom stereocenters. The maximum Gasteiger partial charge on any atom is 0.261 e. The third-order valence-corrected chi connectivity index (χ3v) is 6.38. The van der Waals surface area contributed by atoms with Crippen LogP contribution in [0.4, 0.5) is 0 Å². The number of hydrogen-bond donors (Lipinski definition) is 1. The summed E-state index contributed by atoms with van der Waals surface area (Å²) in [5.74, 6) is 1.56. The summed E-state index contributed by atoms with van der Waals surface area (Å²) in [6.45, 7) is 7.97. The fourth-order valence-corrected chi connectivity index (χ4v) is 4.77. The molecule has 3 rings (SSSR count). The SMILES string of the molecule is CSc1nnc(CCCNC(=O)c2sc3ccccc3c2C)n1CC(C)C. The first-order chi connectivity index (χ1) is 13.0. The summed E-state index contributed by atoms with van der Waals surface area (Å²) in [5, 5.41) is 13.8. The second-order valence-electron chi connectivity index (χ2n) is 7.02. The topological polar surface area (TPSA) is 59.8 Å². The Morgan fingerprint density at radius 1 is 1.30 bits per heavy atom. The van der Waals surface area contributed by atoms with Gasteiger partial charge in [0, 0.05) is 24.2 Å². The van der Waals surface area contributed by atoms with Gasteiger partial charge in [-0.1, -0.05) is 43.8 Å². The quantitative estimate of drug-likeness (QED) is 0.444. The minimum Gasteiger partial charge on any atom is -0.351 e. The van der Waals surface area contributed by atoms with Crippen LogP contribution in [0.25, 0.3) is 10.1 Å². The summed E-state index contributed by atoms with van der Waals surface area (Å²) >= 11 is 3.18. The van der Waals surface area contributed by atoms with Gasteiger partial charge < -0.3 is 9.88 Å². The van der Waals surface area contributed by atoms with Crippen LogP contribution in [-0.4, -0.2) is 33.5 Å². The fraction of sp³-hybridized carbons (Fsp3) is 0.450. The van der Waals surface area contributed by atoms with Crippen LogP contribution in [0.1, 0.15) is 41.3 Å².